The fraction of sp³-hybridized carbons (Fsp3) is 0.667. The smallest absolute Gasteiger partial charge is 0.239 e. The molecule has 40 heavy (non-hydrogen) atoms. The molecule has 0 spiro atoms. The van der Waals surface area contributed by atoms with E-state index >= 15 is 0 Å². The third kappa shape index (κ3) is 12.1. The van der Waals surface area contributed by atoms with Crippen molar-refractivity contribution in [1.29, 1.82) is 0 Å². The molecular weight excluding hydrogens is 512 g/mol. The number of amides is 4. The summed E-state index contributed by atoms with van der Waals surface area (Å²) in [4.78, 5) is 49.2. The lowest BCUT2D eigenvalue weighted by Gasteiger charge is -2.28. The highest BCUT2D eigenvalue weighted by Gasteiger charge is 2.29. The van der Waals surface area contributed by atoms with E-state index in [0.717, 1.165) is 12.0 Å². The topological polar surface area (TPSA) is 126 Å². The minimum absolute atomic E-state index is 0.00265. The normalized spacial score (nSPS) is 14.2. The van der Waals surface area contributed by atoms with E-state index in [9.17, 15) is 19.2 Å². The van der Waals surface area contributed by atoms with Crippen LogP contribution in [-0.2, 0) is 35.1 Å². The molecule has 224 valence electrons. The van der Waals surface area contributed by atoms with E-state index in [4.69, 9.17) is 9.47 Å². The summed E-state index contributed by atoms with van der Waals surface area (Å²) in [6.07, 6.45) is 3.07. The van der Waals surface area contributed by atoms with Gasteiger partial charge >= 0.3 is 0 Å². The predicted octanol–water partition coefficient (Wildman–Crippen LogP) is 3.05. The zero-order chi connectivity index (χ0) is 29.5. The zero-order valence-electron chi connectivity index (χ0n) is 24.8. The number of likely N-dealkylation sites (tertiary alicyclic amines) is 1. The Labute approximate surface area is 238 Å². The first-order chi connectivity index (χ1) is 19.0. The maximum Gasteiger partial charge on any atom is 0.239 e. The molecule has 10 heteroatoms. The van der Waals surface area contributed by atoms with E-state index in [2.05, 4.69) is 29.8 Å². The first kappa shape index (κ1) is 33.4. The van der Waals surface area contributed by atoms with Crippen LogP contribution in [0.1, 0.15) is 72.3 Å². The van der Waals surface area contributed by atoms with Gasteiger partial charge in [0.2, 0.25) is 23.6 Å². The number of nitrogens with zero attached hydrogens (tertiary/aromatic N) is 1. The number of carbonyl (C=O) groups excluding carboxylic acids is 4. The second kappa shape index (κ2) is 17.1. The summed E-state index contributed by atoms with van der Waals surface area (Å²) >= 11 is 0. The Bertz CT molecular complexity index is 963. The van der Waals surface area contributed by atoms with E-state index in [-0.39, 0.29) is 29.7 Å². The highest BCUT2D eigenvalue weighted by atomic mass is 16.5. The van der Waals surface area contributed by atoms with Crippen molar-refractivity contribution in [1.82, 2.24) is 15.5 Å². The molecule has 0 aliphatic carbocycles. The molecule has 1 aliphatic rings. The predicted molar refractivity (Wildman–Crippen MR) is 155 cm³/mol. The molecule has 1 aromatic rings. The van der Waals surface area contributed by atoms with Crippen molar-refractivity contribution in [3.63, 3.8) is 0 Å². The molecule has 0 unspecified atom stereocenters. The van der Waals surface area contributed by atoms with Gasteiger partial charge < -0.3 is 25.4 Å². The number of rotatable bonds is 19. The van der Waals surface area contributed by atoms with Gasteiger partial charge in [-0.05, 0) is 70.2 Å². The Morgan fingerprint density at radius 2 is 1.60 bits per heavy atom. The number of carbonyl (C=O) groups is 4. The summed E-state index contributed by atoms with van der Waals surface area (Å²) in [6, 6.07) is 7.53. The molecule has 1 heterocycles. The van der Waals surface area contributed by atoms with Gasteiger partial charge in [0.25, 0.3) is 0 Å². The lowest BCUT2D eigenvalue weighted by atomic mass is 10.0. The Morgan fingerprint density at radius 3 is 2.17 bits per heavy atom. The molecule has 0 saturated carbocycles. The van der Waals surface area contributed by atoms with Gasteiger partial charge in [0.05, 0.1) is 18.8 Å². The van der Waals surface area contributed by atoms with Gasteiger partial charge in [-0.3, -0.25) is 24.1 Å². The van der Waals surface area contributed by atoms with Crippen molar-refractivity contribution in [2.75, 3.05) is 44.8 Å². The molecule has 1 aliphatic heterocycles. The second-order valence-corrected chi connectivity index (χ2v) is 11.2. The molecule has 2 rings (SSSR count). The lowest BCUT2D eigenvalue weighted by Crippen LogP contribution is -2.55. The summed E-state index contributed by atoms with van der Waals surface area (Å²) in [6.45, 7) is 13.1. The number of aryl methyl sites for hydroxylation is 1. The van der Waals surface area contributed by atoms with Crippen LogP contribution in [0, 0.1) is 5.92 Å². The van der Waals surface area contributed by atoms with Crippen LogP contribution >= 0.6 is 0 Å². The summed E-state index contributed by atoms with van der Waals surface area (Å²) in [5.74, 6) is 0.0751. The first-order valence-corrected chi connectivity index (χ1v) is 14.4. The number of hydrogen-bond donors (Lipinski definition) is 3. The number of nitrogens with one attached hydrogen (secondary N) is 3. The Hall–Kier alpha value is -2.82. The van der Waals surface area contributed by atoms with Crippen LogP contribution in [0.3, 0.4) is 0 Å². The second-order valence-electron chi connectivity index (χ2n) is 11.2. The molecule has 1 fully saturated rings. The van der Waals surface area contributed by atoms with Crippen molar-refractivity contribution >= 4 is 29.3 Å². The quantitative estimate of drug-likeness (QED) is 0.175. The van der Waals surface area contributed by atoms with Crippen LogP contribution in [0.15, 0.2) is 24.3 Å². The molecule has 0 bridgehead atoms. The number of hydrogen-bond acceptors (Lipinski definition) is 7. The fourth-order valence-electron chi connectivity index (χ4n) is 3.81. The molecule has 1 aromatic carbocycles. The van der Waals surface area contributed by atoms with Gasteiger partial charge in [-0.2, -0.15) is 0 Å². The van der Waals surface area contributed by atoms with Gasteiger partial charge in [-0.15, -0.1) is 0 Å². The summed E-state index contributed by atoms with van der Waals surface area (Å²) in [7, 11) is 0. The van der Waals surface area contributed by atoms with Crippen molar-refractivity contribution in [2.45, 2.75) is 84.7 Å². The first-order valence-electron chi connectivity index (χ1n) is 14.4. The molecule has 1 atom stereocenters. The summed E-state index contributed by atoms with van der Waals surface area (Å²) in [5, 5.41) is 9.20. The number of anilines is 1. The van der Waals surface area contributed by atoms with E-state index in [1.165, 1.54) is 4.90 Å². The van der Waals surface area contributed by atoms with Crippen LogP contribution in [-0.4, -0.2) is 79.6 Å². The highest BCUT2D eigenvalue weighted by Crippen LogP contribution is 2.15. The Balaban J connectivity index is 1.45. The van der Waals surface area contributed by atoms with Crippen molar-refractivity contribution < 1.29 is 28.7 Å². The van der Waals surface area contributed by atoms with E-state index in [1.54, 1.807) is 0 Å². The van der Waals surface area contributed by atoms with E-state index < -0.39 is 5.54 Å². The number of benzene rings is 1. The van der Waals surface area contributed by atoms with Gasteiger partial charge in [-0.25, -0.2) is 0 Å². The van der Waals surface area contributed by atoms with E-state index in [0.29, 0.717) is 83.2 Å². The van der Waals surface area contributed by atoms with Gasteiger partial charge in [0.15, 0.2) is 0 Å². The van der Waals surface area contributed by atoms with Crippen LogP contribution in [0.2, 0.25) is 0 Å². The lowest BCUT2D eigenvalue weighted by molar-refractivity contribution is -0.152. The van der Waals surface area contributed by atoms with Crippen molar-refractivity contribution in [3.05, 3.63) is 29.8 Å². The molecule has 1 saturated heterocycles. The fourth-order valence-corrected chi connectivity index (χ4v) is 3.81. The largest absolute Gasteiger partial charge is 0.379 e. The third-order valence-corrected chi connectivity index (χ3v) is 7.04. The van der Waals surface area contributed by atoms with Crippen molar-refractivity contribution in [2.24, 2.45) is 5.92 Å². The molecule has 4 amide bonds. The summed E-state index contributed by atoms with van der Waals surface area (Å²) < 4.78 is 11.2. The number of imide groups is 1. The van der Waals surface area contributed by atoms with E-state index in [1.807, 2.05) is 45.0 Å². The minimum Gasteiger partial charge on any atom is -0.379 e. The molecule has 3 N–H and O–H groups in total. The minimum atomic E-state index is -0.638. The SMILES string of the molecule is CC(C)[C@@H](C)NC(=O)C(C)(C)NCCCOCCOCCCC(=O)Nc1ccc(CCC(=O)N2CCC2=O)cc1. The maximum absolute atomic E-state index is 12.4. The van der Waals surface area contributed by atoms with Crippen LogP contribution in [0.4, 0.5) is 5.69 Å². The zero-order valence-corrected chi connectivity index (χ0v) is 24.8. The summed E-state index contributed by atoms with van der Waals surface area (Å²) in [5.41, 5.74) is 1.05. The van der Waals surface area contributed by atoms with Crippen molar-refractivity contribution in [3.8, 4) is 0 Å². The Kier molecular flexibility index (Phi) is 14.3. The van der Waals surface area contributed by atoms with Gasteiger partial charge in [0, 0.05) is 50.8 Å². The van der Waals surface area contributed by atoms with Gasteiger partial charge in [-0.1, -0.05) is 26.0 Å². The molecule has 10 nitrogen and oxygen atoms in total. The molecular formula is C30H48N4O6. The van der Waals surface area contributed by atoms with Crippen LogP contribution in [0.5, 0.6) is 0 Å². The van der Waals surface area contributed by atoms with Crippen LogP contribution < -0.4 is 16.0 Å². The molecule has 0 radical (unpaired) electrons. The highest BCUT2D eigenvalue weighted by molar-refractivity contribution is 5.99. The van der Waals surface area contributed by atoms with Crippen LogP contribution in [0.25, 0.3) is 0 Å². The average molecular weight is 561 g/mol. The molecule has 0 aromatic heterocycles. The van der Waals surface area contributed by atoms with Gasteiger partial charge in [0.1, 0.15) is 0 Å². The Morgan fingerprint density at radius 1 is 0.950 bits per heavy atom. The third-order valence-electron chi connectivity index (χ3n) is 7.04. The monoisotopic (exact) mass is 560 g/mol. The average Bonchev–Trinajstić information content (AvgIpc) is 2.90. The number of ether oxygens (including phenoxy) is 2. The number of β-lactam (4-membered cyclic amide) rings is 1. The maximum atomic E-state index is 12.4. The standard InChI is InChI=1S/C30H48N4O6/c1-22(2)23(3)32-29(38)30(4,5)31-16-7-19-40-21-20-39-18-6-8-26(35)33-25-12-9-24(10-13-25)11-14-27(36)34-17-15-28(34)37/h9-10,12-13,22-23,31H,6-8,11,14-21H2,1-5H3,(H,32,38)(H,33,35)/t23-/m1/s1.